The predicted octanol–water partition coefficient (Wildman–Crippen LogP) is 4.65. The van der Waals surface area contributed by atoms with Crippen LogP contribution in [0, 0.1) is 0 Å². The Morgan fingerprint density at radius 2 is 1.97 bits per heavy atom. The van der Waals surface area contributed by atoms with Gasteiger partial charge in [0.25, 0.3) is 5.91 Å². The van der Waals surface area contributed by atoms with Crippen molar-refractivity contribution in [2.45, 2.75) is 13.0 Å². The number of carbonyl (C=O) groups excluding carboxylic acids is 1. The lowest BCUT2D eigenvalue weighted by Gasteiger charge is -2.20. The molecule has 0 radical (unpaired) electrons. The first kappa shape index (κ1) is 21.0. The maximum atomic E-state index is 13.1. The standard InChI is InChI=1S/C21H21Cl2N3O3/c1-4-29-19-16(23)11-14(12-17(19)28-3)21(27)25-18(20-24-9-10-26(20)2)13-5-7-15(22)8-6-13/h5-12,18H,4H2,1-3H3,(H,25,27)/t18-/m1/s1. The quantitative estimate of drug-likeness (QED) is 0.588. The molecule has 152 valence electrons. The second-order valence-corrected chi connectivity index (χ2v) is 7.12. The molecule has 1 amide bonds. The average Bonchev–Trinajstić information content (AvgIpc) is 3.13. The van der Waals surface area contributed by atoms with E-state index in [0.717, 1.165) is 5.56 Å². The maximum Gasteiger partial charge on any atom is 0.252 e. The maximum absolute atomic E-state index is 13.1. The molecule has 1 atom stereocenters. The minimum absolute atomic E-state index is 0.302. The van der Waals surface area contributed by atoms with Gasteiger partial charge in [0, 0.05) is 30.0 Å². The van der Waals surface area contributed by atoms with Crippen molar-refractivity contribution in [3.05, 3.63) is 75.8 Å². The fourth-order valence-corrected chi connectivity index (χ4v) is 3.35. The van der Waals surface area contributed by atoms with E-state index in [9.17, 15) is 4.79 Å². The van der Waals surface area contributed by atoms with Crippen LogP contribution in [0.4, 0.5) is 0 Å². The number of hydrogen-bond donors (Lipinski definition) is 1. The third-order valence-corrected chi connectivity index (χ3v) is 4.91. The lowest BCUT2D eigenvalue weighted by atomic mass is 10.1. The number of aryl methyl sites for hydroxylation is 1. The molecule has 0 spiro atoms. The average molecular weight is 434 g/mol. The van der Waals surface area contributed by atoms with E-state index in [0.29, 0.717) is 39.5 Å². The van der Waals surface area contributed by atoms with Crippen molar-refractivity contribution in [1.82, 2.24) is 14.9 Å². The number of halogens is 2. The minimum Gasteiger partial charge on any atom is -0.493 e. The van der Waals surface area contributed by atoms with Crippen molar-refractivity contribution in [1.29, 1.82) is 0 Å². The van der Waals surface area contributed by atoms with Crippen LogP contribution in [-0.2, 0) is 7.05 Å². The van der Waals surface area contributed by atoms with Gasteiger partial charge in [-0.2, -0.15) is 0 Å². The predicted molar refractivity (Wildman–Crippen MR) is 113 cm³/mol. The molecule has 8 heteroatoms. The van der Waals surface area contributed by atoms with Gasteiger partial charge in [-0.1, -0.05) is 35.3 Å². The number of nitrogens with one attached hydrogen (secondary N) is 1. The van der Waals surface area contributed by atoms with E-state index in [1.807, 2.05) is 36.9 Å². The van der Waals surface area contributed by atoms with Crippen molar-refractivity contribution >= 4 is 29.1 Å². The monoisotopic (exact) mass is 433 g/mol. The summed E-state index contributed by atoms with van der Waals surface area (Å²) in [6.07, 6.45) is 3.50. The smallest absolute Gasteiger partial charge is 0.252 e. The van der Waals surface area contributed by atoms with Crippen LogP contribution >= 0.6 is 23.2 Å². The van der Waals surface area contributed by atoms with Crippen LogP contribution in [0.1, 0.15) is 34.7 Å². The van der Waals surface area contributed by atoms with E-state index in [-0.39, 0.29) is 5.91 Å². The molecular weight excluding hydrogens is 413 g/mol. The van der Waals surface area contributed by atoms with Crippen molar-refractivity contribution in [2.75, 3.05) is 13.7 Å². The van der Waals surface area contributed by atoms with Crippen LogP contribution in [-0.4, -0.2) is 29.2 Å². The normalized spacial score (nSPS) is 11.8. The molecular formula is C21H21Cl2N3O3. The van der Waals surface area contributed by atoms with Gasteiger partial charge >= 0.3 is 0 Å². The molecule has 29 heavy (non-hydrogen) atoms. The first-order valence-corrected chi connectivity index (χ1v) is 9.74. The Balaban J connectivity index is 1.96. The Labute approximate surface area is 179 Å². The van der Waals surface area contributed by atoms with Gasteiger partial charge in [0.15, 0.2) is 11.5 Å². The van der Waals surface area contributed by atoms with Crippen molar-refractivity contribution < 1.29 is 14.3 Å². The molecule has 0 aliphatic carbocycles. The van der Waals surface area contributed by atoms with E-state index in [1.165, 1.54) is 7.11 Å². The molecule has 3 aromatic rings. The number of nitrogens with zero attached hydrogens (tertiary/aromatic N) is 2. The molecule has 0 unspecified atom stereocenters. The first-order valence-electron chi connectivity index (χ1n) is 8.98. The number of imidazole rings is 1. The minimum atomic E-state index is -0.476. The SMILES string of the molecule is CCOc1c(Cl)cc(C(=O)N[C@H](c2ccc(Cl)cc2)c2nccn2C)cc1OC. The van der Waals surface area contributed by atoms with Crippen LogP contribution in [0.2, 0.25) is 10.0 Å². The Bertz CT molecular complexity index is 1000. The van der Waals surface area contributed by atoms with Gasteiger partial charge in [0.05, 0.1) is 18.7 Å². The van der Waals surface area contributed by atoms with Crippen LogP contribution in [0.15, 0.2) is 48.8 Å². The Morgan fingerprint density at radius 3 is 2.55 bits per heavy atom. The molecule has 6 nitrogen and oxygen atoms in total. The molecule has 0 aliphatic heterocycles. The molecule has 0 fully saturated rings. The summed E-state index contributed by atoms with van der Waals surface area (Å²) in [5.74, 6) is 1.16. The number of aromatic nitrogens is 2. The third-order valence-electron chi connectivity index (χ3n) is 4.38. The summed E-state index contributed by atoms with van der Waals surface area (Å²) in [5, 5.41) is 3.94. The number of carbonyl (C=O) groups is 1. The second kappa shape index (κ2) is 9.20. The molecule has 0 aliphatic rings. The number of ether oxygens (including phenoxy) is 2. The summed E-state index contributed by atoms with van der Waals surface area (Å²) >= 11 is 12.3. The van der Waals surface area contributed by atoms with Crippen molar-refractivity contribution in [3.8, 4) is 11.5 Å². The third kappa shape index (κ3) is 4.66. The van der Waals surface area contributed by atoms with Gasteiger partial charge in [-0.3, -0.25) is 4.79 Å². The lowest BCUT2D eigenvalue weighted by molar-refractivity contribution is 0.0940. The Morgan fingerprint density at radius 1 is 1.24 bits per heavy atom. The highest BCUT2D eigenvalue weighted by molar-refractivity contribution is 6.32. The van der Waals surface area contributed by atoms with Crippen molar-refractivity contribution in [3.63, 3.8) is 0 Å². The highest BCUT2D eigenvalue weighted by Crippen LogP contribution is 2.36. The zero-order valence-corrected chi connectivity index (χ0v) is 17.8. The summed E-state index contributed by atoms with van der Waals surface area (Å²) in [5.41, 5.74) is 1.20. The fraction of sp³-hybridized carbons (Fsp3) is 0.238. The largest absolute Gasteiger partial charge is 0.493 e. The van der Waals surface area contributed by atoms with Gasteiger partial charge in [-0.05, 0) is 36.8 Å². The number of benzene rings is 2. The van der Waals surface area contributed by atoms with Crippen LogP contribution in [0.5, 0.6) is 11.5 Å². The number of amides is 1. The number of methoxy groups -OCH3 is 1. The van der Waals surface area contributed by atoms with E-state index < -0.39 is 6.04 Å². The van der Waals surface area contributed by atoms with Crippen molar-refractivity contribution in [2.24, 2.45) is 7.05 Å². The fourth-order valence-electron chi connectivity index (χ4n) is 2.96. The summed E-state index contributed by atoms with van der Waals surface area (Å²) in [6, 6.07) is 9.94. The van der Waals surface area contributed by atoms with Gasteiger partial charge in [0.2, 0.25) is 0 Å². The first-order chi connectivity index (χ1) is 13.9. The molecule has 0 bridgehead atoms. The van der Waals surface area contributed by atoms with Crippen LogP contribution in [0.3, 0.4) is 0 Å². The van der Waals surface area contributed by atoms with Gasteiger partial charge in [-0.15, -0.1) is 0 Å². The zero-order valence-electron chi connectivity index (χ0n) is 16.3. The van der Waals surface area contributed by atoms with Gasteiger partial charge < -0.3 is 19.4 Å². The molecule has 1 heterocycles. The highest BCUT2D eigenvalue weighted by atomic mass is 35.5. The Kier molecular flexibility index (Phi) is 6.67. The van der Waals surface area contributed by atoms with Crippen LogP contribution in [0.25, 0.3) is 0 Å². The topological polar surface area (TPSA) is 65.4 Å². The van der Waals surface area contributed by atoms with E-state index in [1.54, 1.807) is 30.5 Å². The molecule has 0 saturated heterocycles. The zero-order chi connectivity index (χ0) is 21.0. The van der Waals surface area contributed by atoms with Gasteiger partial charge in [-0.25, -0.2) is 4.98 Å². The number of rotatable bonds is 7. The summed E-state index contributed by atoms with van der Waals surface area (Å²) in [7, 11) is 3.37. The summed E-state index contributed by atoms with van der Waals surface area (Å²) in [6.45, 7) is 2.28. The van der Waals surface area contributed by atoms with E-state index in [4.69, 9.17) is 32.7 Å². The summed E-state index contributed by atoms with van der Waals surface area (Å²) in [4.78, 5) is 17.5. The molecule has 1 aromatic heterocycles. The number of hydrogen-bond acceptors (Lipinski definition) is 4. The van der Waals surface area contributed by atoms with Gasteiger partial charge in [0.1, 0.15) is 11.9 Å². The molecule has 2 aromatic carbocycles. The molecule has 1 N–H and O–H groups in total. The Hall–Kier alpha value is -2.70. The van der Waals surface area contributed by atoms with E-state index in [2.05, 4.69) is 10.3 Å². The lowest BCUT2D eigenvalue weighted by Crippen LogP contribution is -2.31. The molecule has 3 rings (SSSR count). The highest BCUT2D eigenvalue weighted by Gasteiger charge is 2.23. The summed E-state index contributed by atoms with van der Waals surface area (Å²) < 4.78 is 12.7. The molecule has 0 saturated carbocycles. The van der Waals surface area contributed by atoms with E-state index >= 15 is 0 Å². The second-order valence-electron chi connectivity index (χ2n) is 6.28. The van der Waals surface area contributed by atoms with Crippen LogP contribution < -0.4 is 14.8 Å².